The molecule has 0 aliphatic carbocycles. The number of rotatable bonds is 8. The lowest BCUT2D eigenvalue weighted by molar-refractivity contribution is -0.121. The SMILES string of the molecule is COc1ccc(S(=O)(=O)N2CCCC(C(=O)Nc3nnc(CS(=O)(=O)c4ccccc4)o3)C2)cc1. The van der Waals surface area contributed by atoms with Crippen molar-refractivity contribution in [3.05, 3.63) is 60.5 Å². The van der Waals surface area contributed by atoms with Gasteiger partial charge in [-0.3, -0.25) is 10.1 Å². The Morgan fingerprint density at radius 2 is 1.77 bits per heavy atom. The third-order valence-electron chi connectivity index (χ3n) is 5.56. The van der Waals surface area contributed by atoms with E-state index in [1.54, 1.807) is 30.3 Å². The topological polar surface area (TPSA) is 149 Å². The zero-order valence-corrected chi connectivity index (χ0v) is 20.5. The van der Waals surface area contributed by atoms with Gasteiger partial charge in [0.15, 0.2) is 9.84 Å². The number of piperidine rings is 1. The van der Waals surface area contributed by atoms with E-state index >= 15 is 0 Å². The molecule has 186 valence electrons. The molecule has 1 aromatic heterocycles. The summed E-state index contributed by atoms with van der Waals surface area (Å²) in [5.74, 6) is -1.27. The second kappa shape index (κ2) is 10.1. The second-order valence-corrected chi connectivity index (χ2v) is 11.9. The molecule has 3 aromatic rings. The van der Waals surface area contributed by atoms with Crippen LogP contribution in [0.5, 0.6) is 5.75 Å². The molecule has 1 amide bonds. The maximum atomic E-state index is 13.0. The zero-order chi connectivity index (χ0) is 25.1. The van der Waals surface area contributed by atoms with Crippen LogP contribution in [-0.2, 0) is 30.4 Å². The van der Waals surface area contributed by atoms with Gasteiger partial charge in [0, 0.05) is 13.1 Å². The average Bonchev–Trinajstić information content (AvgIpc) is 3.30. The summed E-state index contributed by atoms with van der Waals surface area (Å²) in [7, 11) is -5.99. The lowest BCUT2D eigenvalue weighted by Crippen LogP contribution is -2.43. The number of anilines is 1. The van der Waals surface area contributed by atoms with Crippen LogP contribution in [0.2, 0.25) is 0 Å². The van der Waals surface area contributed by atoms with Crippen LogP contribution in [0.1, 0.15) is 18.7 Å². The van der Waals surface area contributed by atoms with Crippen LogP contribution in [0.4, 0.5) is 6.01 Å². The number of carbonyl (C=O) groups excluding carboxylic acids is 1. The van der Waals surface area contributed by atoms with Crippen LogP contribution in [-0.4, -0.2) is 57.4 Å². The molecular formula is C22H24N4O7S2. The molecule has 0 bridgehead atoms. The van der Waals surface area contributed by atoms with Gasteiger partial charge >= 0.3 is 6.01 Å². The van der Waals surface area contributed by atoms with E-state index < -0.39 is 37.4 Å². The fourth-order valence-electron chi connectivity index (χ4n) is 3.72. The fraction of sp³-hybridized carbons (Fsp3) is 0.318. The number of nitrogens with zero attached hydrogens (tertiary/aromatic N) is 3. The van der Waals surface area contributed by atoms with Gasteiger partial charge in [0.05, 0.1) is 22.8 Å². The number of amides is 1. The highest BCUT2D eigenvalue weighted by Crippen LogP contribution is 2.26. The molecule has 1 fully saturated rings. The molecule has 1 N–H and O–H groups in total. The third kappa shape index (κ3) is 5.69. The molecular weight excluding hydrogens is 496 g/mol. The molecule has 1 aliphatic rings. The van der Waals surface area contributed by atoms with E-state index in [0.717, 1.165) is 0 Å². The fourth-order valence-corrected chi connectivity index (χ4v) is 6.42. The zero-order valence-electron chi connectivity index (χ0n) is 18.8. The van der Waals surface area contributed by atoms with Crippen molar-refractivity contribution >= 4 is 31.8 Å². The Balaban J connectivity index is 1.40. The minimum atomic E-state index is -3.79. The summed E-state index contributed by atoms with van der Waals surface area (Å²) in [6, 6.07) is 13.6. The highest BCUT2D eigenvalue weighted by Gasteiger charge is 2.34. The monoisotopic (exact) mass is 520 g/mol. The highest BCUT2D eigenvalue weighted by molar-refractivity contribution is 7.90. The number of sulfonamides is 1. The van der Waals surface area contributed by atoms with E-state index in [4.69, 9.17) is 9.15 Å². The van der Waals surface area contributed by atoms with E-state index in [-0.39, 0.29) is 28.2 Å². The molecule has 1 aliphatic heterocycles. The van der Waals surface area contributed by atoms with Crippen molar-refractivity contribution in [3.63, 3.8) is 0 Å². The van der Waals surface area contributed by atoms with Crippen LogP contribution in [0.3, 0.4) is 0 Å². The van der Waals surface area contributed by atoms with Gasteiger partial charge in [0.25, 0.3) is 0 Å². The highest BCUT2D eigenvalue weighted by atomic mass is 32.2. The molecule has 4 rings (SSSR count). The van der Waals surface area contributed by atoms with E-state index in [9.17, 15) is 21.6 Å². The molecule has 1 unspecified atom stereocenters. The molecule has 11 nitrogen and oxygen atoms in total. The Hall–Kier alpha value is -3.29. The van der Waals surface area contributed by atoms with Crippen LogP contribution in [0.25, 0.3) is 0 Å². The molecule has 1 atom stereocenters. The average molecular weight is 521 g/mol. The van der Waals surface area contributed by atoms with E-state index in [1.807, 2.05) is 0 Å². The van der Waals surface area contributed by atoms with Crippen LogP contribution >= 0.6 is 0 Å². The Labute approximate surface area is 203 Å². The first-order chi connectivity index (χ1) is 16.7. The Morgan fingerprint density at radius 3 is 2.46 bits per heavy atom. The normalized spacial score (nSPS) is 17.1. The quantitative estimate of drug-likeness (QED) is 0.471. The van der Waals surface area contributed by atoms with Gasteiger partial charge in [-0.15, -0.1) is 5.10 Å². The van der Waals surface area contributed by atoms with Crippen molar-refractivity contribution in [2.24, 2.45) is 5.92 Å². The number of methoxy groups -OCH3 is 1. The Kier molecular flexibility index (Phi) is 7.19. The van der Waals surface area contributed by atoms with Crippen LogP contribution in [0, 0.1) is 5.92 Å². The first kappa shape index (κ1) is 24.8. The van der Waals surface area contributed by atoms with Gasteiger partial charge in [-0.25, -0.2) is 16.8 Å². The minimum absolute atomic E-state index is 0.0103. The summed E-state index contributed by atoms with van der Waals surface area (Å²) in [6.45, 7) is 0.282. The molecule has 0 radical (unpaired) electrons. The number of ether oxygens (including phenoxy) is 1. The number of hydrogen-bond acceptors (Lipinski definition) is 9. The largest absolute Gasteiger partial charge is 0.497 e. The standard InChI is InChI=1S/C22H24N4O7S2/c1-32-17-9-11-19(12-10-17)35(30,31)26-13-5-6-16(14-26)21(27)23-22-25-24-20(33-22)15-34(28,29)18-7-3-2-4-8-18/h2-4,7-12,16H,5-6,13-15H2,1H3,(H,23,25,27). The summed E-state index contributed by atoms with van der Waals surface area (Å²) >= 11 is 0. The molecule has 0 spiro atoms. The summed E-state index contributed by atoms with van der Waals surface area (Å²) in [5, 5.41) is 9.88. The molecule has 2 aromatic carbocycles. The van der Waals surface area contributed by atoms with Gasteiger partial charge in [0.2, 0.25) is 21.8 Å². The predicted octanol–water partition coefficient (Wildman–Crippen LogP) is 2.09. The Bertz CT molecular complexity index is 1390. The van der Waals surface area contributed by atoms with Gasteiger partial charge in [0.1, 0.15) is 11.5 Å². The van der Waals surface area contributed by atoms with Crippen molar-refractivity contribution in [2.45, 2.75) is 28.4 Å². The maximum absolute atomic E-state index is 13.0. The van der Waals surface area contributed by atoms with Crippen molar-refractivity contribution in [2.75, 3.05) is 25.5 Å². The van der Waals surface area contributed by atoms with Crippen molar-refractivity contribution < 1.29 is 30.8 Å². The van der Waals surface area contributed by atoms with Crippen molar-refractivity contribution in [3.8, 4) is 5.75 Å². The third-order valence-corrected chi connectivity index (χ3v) is 9.06. The minimum Gasteiger partial charge on any atom is -0.497 e. The predicted molar refractivity (Wildman–Crippen MR) is 125 cm³/mol. The summed E-state index contributed by atoms with van der Waals surface area (Å²) in [6.07, 6.45) is 0.974. The van der Waals surface area contributed by atoms with E-state index in [0.29, 0.717) is 25.1 Å². The number of sulfone groups is 1. The molecule has 1 saturated heterocycles. The molecule has 35 heavy (non-hydrogen) atoms. The first-order valence-corrected chi connectivity index (χ1v) is 13.8. The second-order valence-electron chi connectivity index (χ2n) is 7.94. The number of hydrogen-bond donors (Lipinski definition) is 1. The smallest absolute Gasteiger partial charge is 0.322 e. The van der Waals surface area contributed by atoms with Crippen molar-refractivity contribution in [1.29, 1.82) is 0 Å². The van der Waals surface area contributed by atoms with E-state index in [2.05, 4.69) is 15.5 Å². The summed E-state index contributed by atoms with van der Waals surface area (Å²) in [4.78, 5) is 13.0. The van der Waals surface area contributed by atoms with Gasteiger partial charge < -0.3 is 9.15 Å². The number of carbonyl (C=O) groups is 1. The lowest BCUT2D eigenvalue weighted by atomic mass is 9.99. The Morgan fingerprint density at radius 1 is 1.06 bits per heavy atom. The van der Waals surface area contributed by atoms with Crippen LogP contribution in [0.15, 0.2) is 68.8 Å². The summed E-state index contributed by atoms with van der Waals surface area (Å²) < 4.78 is 62.7. The summed E-state index contributed by atoms with van der Waals surface area (Å²) in [5.41, 5.74) is 0. The van der Waals surface area contributed by atoms with Gasteiger partial charge in [-0.2, -0.15) is 4.31 Å². The molecule has 13 heteroatoms. The number of nitrogens with one attached hydrogen (secondary N) is 1. The first-order valence-electron chi connectivity index (χ1n) is 10.7. The molecule has 0 saturated carbocycles. The van der Waals surface area contributed by atoms with Crippen LogP contribution < -0.4 is 10.1 Å². The van der Waals surface area contributed by atoms with Crippen molar-refractivity contribution in [1.82, 2.24) is 14.5 Å². The van der Waals surface area contributed by atoms with E-state index in [1.165, 1.54) is 35.7 Å². The van der Waals surface area contributed by atoms with Gasteiger partial charge in [-0.05, 0) is 49.2 Å². The number of aromatic nitrogens is 2. The molecule has 2 heterocycles. The lowest BCUT2D eigenvalue weighted by Gasteiger charge is -2.30. The maximum Gasteiger partial charge on any atom is 0.322 e. The number of benzene rings is 2. The van der Waals surface area contributed by atoms with Gasteiger partial charge in [-0.1, -0.05) is 23.3 Å².